The molecule has 0 radical (unpaired) electrons. The minimum absolute atomic E-state index is 0.611. The summed E-state index contributed by atoms with van der Waals surface area (Å²) in [7, 11) is 1.68. The van der Waals surface area contributed by atoms with Gasteiger partial charge in [-0.3, -0.25) is 0 Å². The highest BCUT2D eigenvalue weighted by atomic mass is 16.5. The molecule has 1 heterocycles. The Balaban J connectivity index is 1.83. The first kappa shape index (κ1) is 14.3. The predicted molar refractivity (Wildman–Crippen MR) is 74.4 cm³/mol. The van der Waals surface area contributed by atoms with Crippen molar-refractivity contribution >= 4 is 0 Å². The van der Waals surface area contributed by atoms with Gasteiger partial charge in [0.25, 0.3) is 0 Å². The maximum atomic E-state index is 10.3. The number of benzene rings is 1. The van der Waals surface area contributed by atoms with Gasteiger partial charge in [-0.1, -0.05) is 12.1 Å². The summed E-state index contributed by atoms with van der Waals surface area (Å²) in [5.74, 6) is 0.909. The third-order valence-corrected chi connectivity index (χ3v) is 3.67. The fourth-order valence-corrected chi connectivity index (χ4v) is 2.42. The van der Waals surface area contributed by atoms with Gasteiger partial charge in [0.1, 0.15) is 5.75 Å². The van der Waals surface area contributed by atoms with Crippen LogP contribution < -0.4 is 10.1 Å². The topological polar surface area (TPSA) is 50.7 Å². The number of rotatable bonds is 5. The van der Waals surface area contributed by atoms with Crippen molar-refractivity contribution in [3.63, 3.8) is 0 Å². The van der Waals surface area contributed by atoms with Crippen molar-refractivity contribution in [1.29, 1.82) is 0 Å². The van der Waals surface area contributed by atoms with Gasteiger partial charge >= 0.3 is 0 Å². The van der Waals surface area contributed by atoms with Crippen molar-refractivity contribution in [1.82, 2.24) is 5.32 Å². The molecule has 106 valence electrons. The molecule has 1 aromatic carbocycles. The van der Waals surface area contributed by atoms with E-state index in [4.69, 9.17) is 9.47 Å². The van der Waals surface area contributed by atoms with Crippen LogP contribution in [0.3, 0.4) is 0 Å². The molecule has 2 N–H and O–H groups in total. The summed E-state index contributed by atoms with van der Waals surface area (Å²) in [6, 6.07) is 6.14. The number of hydrogen-bond donors (Lipinski definition) is 2. The third-order valence-electron chi connectivity index (χ3n) is 3.67. The summed E-state index contributed by atoms with van der Waals surface area (Å²) >= 11 is 0. The average molecular weight is 265 g/mol. The second-order valence-electron chi connectivity index (χ2n) is 5.24. The normalized spacial score (nSPS) is 18.3. The second kappa shape index (κ2) is 6.37. The molecule has 0 aromatic heterocycles. The van der Waals surface area contributed by atoms with Crippen LogP contribution in [0.15, 0.2) is 18.2 Å². The van der Waals surface area contributed by atoms with E-state index in [0.29, 0.717) is 32.6 Å². The van der Waals surface area contributed by atoms with Gasteiger partial charge in [0, 0.05) is 39.1 Å². The van der Waals surface area contributed by atoms with Crippen LogP contribution in [-0.2, 0) is 11.3 Å². The summed E-state index contributed by atoms with van der Waals surface area (Å²) in [4.78, 5) is 0. The standard InChI is InChI=1S/C15H23NO3/c1-12-9-13(3-4-14(12)18-2)10-16-11-15(17)5-7-19-8-6-15/h3-4,9,16-17H,5-8,10-11H2,1-2H3. The number of ether oxygens (including phenoxy) is 2. The molecule has 1 aromatic rings. The molecule has 0 unspecified atom stereocenters. The molecule has 0 bridgehead atoms. The van der Waals surface area contributed by atoms with Crippen LogP contribution in [-0.4, -0.2) is 37.6 Å². The summed E-state index contributed by atoms with van der Waals surface area (Å²) < 4.78 is 10.5. The first-order valence-electron chi connectivity index (χ1n) is 6.77. The largest absolute Gasteiger partial charge is 0.496 e. The minimum Gasteiger partial charge on any atom is -0.496 e. The lowest BCUT2D eigenvalue weighted by atomic mass is 9.94. The highest BCUT2D eigenvalue weighted by molar-refractivity contribution is 5.36. The number of aryl methyl sites for hydroxylation is 1. The van der Waals surface area contributed by atoms with Gasteiger partial charge in [0.05, 0.1) is 12.7 Å². The molecule has 1 aliphatic heterocycles. The second-order valence-corrected chi connectivity index (χ2v) is 5.24. The molecule has 1 saturated heterocycles. The lowest BCUT2D eigenvalue weighted by molar-refractivity contribution is -0.0617. The highest BCUT2D eigenvalue weighted by Gasteiger charge is 2.28. The summed E-state index contributed by atoms with van der Waals surface area (Å²) in [5.41, 5.74) is 1.72. The zero-order chi connectivity index (χ0) is 13.7. The van der Waals surface area contributed by atoms with Gasteiger partial charge in [0.15, 0.2) is 0 Å². The van der Waals surface area contributed by atoms with Gasteiger partial charge in [-0.15, -0.1) is 0 Å². The van der Waals surface area contributed by atoms with Crippen molar-refractivity contribution in [2.45, 2.75) is 31.9 Å². The quantitative estimate of drug-likeness (QED) is 0.849. The molecule has 19 heavy (non-hydrogen) atoms. The van der Waals surface area contributed by atoms with Gasteiger partial charge in [-0.2, -0.15) is 0 Å². The molecule has 4 nitrogen and oxygen atoms in total. The SMILES string of the molecule is COc1ccc(CNCC2(O)CCOCC2)cc1C. The Morgan fingerprint density at radius 3 is 2.74 bits per heavy atom. The van der Waals surface area contributed by atoms with E-state index >= 15 is 0 Å². The lowest BCUT2D eigenvalue weighted by Crippen LogP contribution is -2.44. The van der Waals surface area contributed by atoms with Crippen LogP contribution in [0.2, 0.25) is 0 Å². The fourth-order valence-electron chi connectivity index (χ4n) is 2.42. The number of nitrogens with one attached hydrogen (secondary N) is 1. The van der Waals surface area contributed by atoms with E-state index < -0.39 is 5.60 Å². The first-order valence-corrected chi connectivity index (χ1v) is 6.77. The van der Waals surface area contributed by atoms with Crippen LogP contribution in [0.25, 0.3) is 0 Å². The fraction of sp³-hybridized carbons (Fsp3) is 0.600. The number of aliphatic hydroxyl groups is 1. The Morgan fingerprint density at radius 1 is 1.37 bits per heavy atom. The van der Waals surface area contributed by atoms with Gasteiger partial charge in [-0.05, 0) is 24.1 Å². The van der Waals surface area contributed by atoms with E-state index in [0.717, 1.165) is 17.9 Å². The molecule has 1 fully saturated rings. The monoisotopic (exact) mass is 265 g/mol. The molecule has 1 aliphatic rings. The van der Waals surface area contributed by atoms with Gasteiger partial charge in [0.2, 0.25) is 0 Å². The molecule has 4 heteroatoms. The molecule has 0 aliphatic carbocycles. The van der Waals surface area contributed by atoms with E-state index in [2.05, 4.69) is 11.4 Å². The summed E-state index contributed by atoms with van der Waals surface area (Å²) in [5, 5.41) is 13.7. The average Bonchev–Trinajstić information content (AvgIpc) is 2.39. The third kappa shape index (κ3) is 3.93. The van der Waals surface area contributed by atoms with Gasteiger partial charge in [-0.25, -0.2) is 0 Å². The molecular weight excluding hydrogens is 242 g/mol. The van der Waals surface area contributed by atoms with Crippen molar-refractivity contribution < 1.29 is 14.6 Å². The van der Waals surface area contributed by atoms with E-state index in [1.54, 1.807) is 7.11 Å². The van der Waals surface area contributed by atoms with Crippen LogP contribution in [0.1, 0.15) is 24.0 Å². The molecule has 0 spiro atoms. The Labute approximate surface area is 114 Å². The molecular formula is C15H23NO3. The van der Waals surface area contributed by atoms with E-state index in [-0.39, 0.29) is 0 Å². The van der Waals surface area contributed by atoms with E-state index in [1.165, 1.54) is 5.56 Å². The maximum absolute atomic E-state index is 10.3. The van der Waals surface area contributed by atoms with Crippen LogP contribution in [0, 0.1) is 6.92 Å². The summed E-state index contributed by atoms with van der Waals surface area (Å²) in [6.45, 7) is 4.71. The Morgan fingerprint density at radius 2 is 2.11 bits per heavy atom. The first-order chi connectivity index (χ1) is 9.13. The molecule has 0 saturated carbocycles. The van der Waals surface area contributed by atoms with Crippen LogP contribution in [0.4, 0.5) is 0 Å². The van der Waals surface area contributed by atoms with E-state index in [1.807, 2.05) is 19.1 Å². The zero-order valence-electron chi connectivity index (χ0n) is 11.7. The predicted octanol–water partition coefficient (Wildman–Crippen LogP) is 1.63. The molecule has 0 atom stereocenters. The number of methoxy groups -OCH3 is 1. The van der Waals surface area contributed by atoms with Crippen molar-refractivity contribution in [2.75, 3.05) is 26.9 Å². The van der Waals surface area contributed by atoms with Crippen LogP contribution in [0.5, 0.6) is 5.75 Å². The number of hydrogen-bond acceptors (Lipinski definition) is 4. The highest BCUT2D eigenvalue weighted by Crippen LogP contribution is 2.20. The Kier molecular flexibility index (Phi) is 4.80. The van der Waals surface area contributed by atoms with Crippen LogP contribution >= 0.6 is 0 Å². The van der Waals surface area contributed by atoms with Gasteiger partial charge < -0.3 is 19.9 Å². The minimum atomic E-state index is -0.611. The maximum Gasteiger partial charge on any atom is 0.121 e. The summed E-state index contributed by atoms with van der Waals surface area (Å²) in [6.07, 6.45) is 1.42. The molecule has 2 rings (SSSR count). The van der Waals surface area contributed by atoms with Crippen molar-refractivity contribution in [3.8, 4) is 5.75 Å². The zero-order valence-corrected chi connectivity index (χ0v) is 11.7. The Hall–Kier alpha value is -1.10. The van der Waals surface area contributed by atoms with Crippen molar-refractivity contribution in [3.05, 3.63) is 29.3 Å². The van der Waals surface area contributed by atoms with Crippen molar-refractivity contribution in [2.24, 2.45) is 0 Å². The smallest absolute Gasteiger partial charge is 0.121 e. The lowest BCUT2D eigenvalue weighted by Gasteiger charge is -2.32. The molecule has 0 amide bonds. The van der Waals surface area contributed by atoms with E-state index in [9.17, 15) is 5.11 Å². The Bertz CT molecular complexity index is 414.